The van der Waals surface area contributed by atoms with Crippen molar-refractivity contribution < 1.29 is 5.11 Å². The van der Waals surface area contributed by atoms with Crippen molar-refractivity contribution in [2.75, 3.05) is 0 Å². The molecular weight excluding hydrogens is 212 g/mol. The Balaban J connectivity index is 1.97. The Morgan fingerprint density at radius 1 is 1.60 bits per heavy atom. The van der Waals surface area contributed by atoms with Gasteiger partial charge < -0.3 is 5.11 Å². The first-order chi connectivity index (χ1) is 7.09. The SMILES string of the molecule is Cc1nn(C)c(Cl)c1CCC(O)C1CC1. The zero-order valence-electron chi connectivity index (χ0n) is 9.20. The van der Waals surface area contributed by atoms with E-state index in [0.717, 1.165) is 24.1 Å². The fourth-order valence-electron chi connectivity index (χ4n) is 1.97. The number of rotatable bonds is 4. The molecule has 84 valence electrons. The smallest absolute Gasteiger partial charge is 0.130 e. The molecule has 1 atom stereocenters. The van der Waals surface area contributed by atoms with E-state index in [-0.39, 0.29) is 6.10 Å². The molecular formula is C11H17ClN2O. The molecule has 1 heterocycles. The summed E-state index contributed by atoms with van der Waals surface area (Å²) in [5.41, 5.74) is 2.06. The van der Waals surface area contributed by atoms with Gasteiger partial charge in [-0.15, -0.1) is 0 Å². The van der Waals surface area contributed by atoms with E-state index in [1.807, 2.05) is 14.0 Å². The molecule has 0 radical (unpaired) electrons. The van der Waals surface area contributed by atoms with Crippen molar-refractivity contribution in [2.45, 2.75) is 38.7 Å². The highest BCUT2D eigenvalue weighted by Crippen LogP contribution is 2.34. The lowest BCUT2D eigenvalue weighted by atomic mass is 10.1. The van der Waals surface area contributed by atoms with Crippen LogP contribution < -0.4 is 0 Å². The summed E-state index contributed by atoms with van der Waals surface area (Å²) in [5.74, 6) is 0.542. The topological polar surface area (TPSA) is 38.0 Å². The predicted molar refractivity (Wildman–Crippen MR) is 60.0 cm³/mol. The van der Waals surface area contributed by atoms with Crippen molar-refractivity contribution in [3.05, 3.63) is 16.4 Å². The lowest BCUT2D eigenvalue weighted by Gasteiger charge is -2.08. The van der Waals surface area contributed by atoms with Crippen LogP contribution in [-0.4, -0.2) is 21.0 Å². The molecule has 1 aromatic rings. The van der Waals surface area contributed by atoms with E-state index in [1.54, 1.807) is 4.68 Å². The number of aromatic nitrogens is 2. The van der Waals surface area contributed by atoms with Crippen LogP contribution in [0.1, 0.15) is 30.5 Å². The summed E-state index contributed by atoms with van der Waals surface area (Å²) in [4.78, 5) is 0. The van der Waals surface area contributed by atoms with Crippen LogP contribution in [0.3, 0.4) is 0 Å². The van der Waals surface area contributed by atoms with Crippen LogP contribution in [0.4, 0.5) is 0 Å². The van der Waals surface area contributed by atoms with Crippen LogP contribution in [0, 0.1) is 12.8 Å². The summed E-state index contributed by atoms with van der Waals surface area (Å²) in [7, 11) is 1.84. The van der Waals surface area contributed by atoms with E-state index in [1.165, 1.54) is 12.8 Å². The molecule has 1 N–H and O–H groups in total. The van der Waals surface area contributed by atoms with Crippen LogP contribution >= 0.6 is 11.6 Å². The van der Waals surface area contributed by atoms with Crippen molar-refractivity contribution >= 4 is 11.6 Å². The van der Waals surface area contributed by atoms with Gasteiger partial charge in [0.1, 0.15) is 5.15 Å². The third kappa shape index (κ3) is 2.34. The Morgan fingerprint density at radius 3 is 2.73 bits per heavy atom. The summed E-state index contributed by atoms with van der Waals surface area (Å²) in [6.07, 6.45) is 3.84. The zero-order chi connectivity index (χ0) is 11.0. The minimum Gasteiger partial charge on any atom is -0.393 e. The second kappa shape index (κ2) is 4.14. The second-order valence-corrected chi connectivity index (χ2v) is 4.78. The fraction of sp³-hybridized carbons (Fsp3) is 0.727. The van der Waals surface area contributed by atoms with Crippen LogP contribution in [-0.2, 0) is 13.5 Å². The van der Waals surface area contributed by atoms with Gasteiger partial charge in [-0.1, -0.05) is 11.6 Å². The van der Waals surface area contributed by atoms with Gasteiger partial charge in [0.15, 0.2) is 0 Å². The second-order valence-electron chi connectivity index (χ2n) is 4.42. The van der Waals surface area contributed by atoms with Gasteiger partial charge in [-0.2, -0.15) is 5.10 Å². The number of aliphatic hydroxyl groups is 1. The Hall–Kier alpha value is -0.540. The third-order valence-electron chi connectivity index (χ3n) is 3.13. The molecule has 0 bridgehead atoms. The molecule has 15 heavy (non-hydrogen) atoms. The van der Waals surface area contributed by atoms with E-state index in [4.69, 9.17) is 11.6 Å². The Bertz CT molecular complexity index is 358. The molecule has 1 aromatic heterocycles. The molecule has 3 nitrogen and oxygen atoms in total. The summed E-state index contributed by atoms with van der Waals surface area (Å²) >= 11 is 6.11. The van der Waals surface area contributed by atoms with Crippen LogP contribution in [0.2, 0.25) is 5.15 Å². The number of aliphatic hydroxyl groups excluding tert-OH is 1. The number of hydrogen-bond acceptors (Lipinski definition) is 2. The maximum Gasteiger partial charge on any atom is 0.130 e. The number of aryl methyl sites for hydroxylation is 2. The van der Waals surface area contributed by atoms with Crippen molar-refractivity contribution in [2.24, 2.45) is 13.0 Å². The first-order valence-corrected chi connectivity index (χ1v) is 5.83. The molecule has 2 rings (SSSR count). The van der Waals surface area contributed by atoms with Gasteiger partial charge in [-0.3, -0.25) is 4.68 Å². The highest BCUT2D eigenvalue weighted by atomic mass is 35.5. The predicted octanol–water partition coefficient (Wildman–Crippen LogP) is 2.09. The molecule has 1 unspecified atom stereocenters. The van der Waals surface area contributed by atoms with Crippen molar-refractivity contribution in [3.63, 3.8) is 0 Å². The highest BCUT2D eigenvalue weighted by Gasteiger charge is 2.29. The molecule has 4 heteroatoms. The third-order valence-corrected chi connectivity index (χ3v) is 3.60. The van der Waals surface area contributed by atoms with Crippen LogP contribution in [0.5, 0.6) is 0 Å². The molecule has 1 saturated carbocycles. The van der Waals surface area contributed by atoms with Crippen molar-refractivity contribution in [1.29, 1.82) is 0 Å². The summed E-state index contributed by atoms with van der Waals surface area (Å²) in [5, 5.41) is 14.7. The number of nitrogens with zero attached hydrogens (tertiary/aromatic N) is 2. The average molecular weight is 229 g/mol. The lowest BCUT2D eigenvalue weighted by molar-refractivity contribution is 0.142. The van der Waals surface area contributed by atoms with E-state index in [2.05, 4.69) is 5.10 Å². The van der Waals surface area contributed by atoms with Gasteiger partial charge >= 0.3 is 0 Å². The minimum atomic E-state index is -0.152. The van der Waals surface area contributed by atoms with Crippen LogP contribution in [0.25, 0.3) is 0 Å². The molecule has 0 spiro atoms. The van der Waals surface area contributed by atoms with E-state index in [9.17, 15) is 5.11 Å². The number of halogens is 1. The zero-order valence-corrected chi connectivity index (χ0v) is 9.96. The summed E-state index contributed by atoms with van der Waals surface area (Å²) in [6.45, 7) is 1.96. The van der Waals surface area contributed by atoms with E-state index >= 15 is 0 Å². The van der Waals surface area contributed by atoms with Gasteiger partial charge in [-0.25, -0.2) is 0 Å². The fourth-order valence-corrected chi connectivity index (χ4v) is 2.24. The Labute approximate surface area is 95.0 Å². The largest absolute Gasteiger partial charge is 0.393 e. The molecule has 1 fully saturated rings. The Morgan fingerprint density at radius 2 is 2.27 bits per heavy atom. The molecule has 1 aliphatic rings. The summed E-state index contributed by atoms with van der Waals surface area (Å²) < 4.78 is 1.69. The Kier molecular flexibility index (Phi) is 3.03. The quantitative estimate of drug-likeness (QED) is 0.857. The highest BCUT2D eigenvalue weighted by molar-refractivity contribution is 6.30. The van der Waals surface area contributed by atoms with Gasteiger partial charge in [-0.05, 0) is 38.5 Å². The monoisotopic (exact) mass is 228 g/mol. The van der Waals surface area contributed by atoms with Crippen molar-refractivity contribution in [3.8, 4) is 0 Å². The molecule has 0 aromatic carbocycles. The first-order valence-electron chi connectivity index (χ1n) is 5.45. The van der Waals surface area contributed by atoms with Crippen LogP contribution in [0.15, 0.2) is 0 Å². The maximum atomic E-state index is 9.77. The molecule has 0 aliphatic heterocycles. The van der Waals surface area contributed by atoms with E-state index in [0.29, 0.717) is 11.1 Å². The summed E-state index contributed by atoms with van der Waals surface area (Å²) in [6, 6.07) is 0. The standard InChI is InChI=1S/C11H17ClN2O/c1-7-9(11(12)14(2)13-7)5-6-10(15)8-3-4-8/h8,10,15H,3-6H2,1-2H3. The van der Waals surface area contributed by atoms with E-state index < -0.39 is 0 Å². The molecule has 1 aliphatic carbocycles. The number of hydrogen-bond donors (Lipinski definition) is 1. The van der Waals surface area contributed by atoms with Crippen molar-refractivity contribution in [1.82, 2.24) is 9.78 Å². The van der Waals surface area contributed by atoms with Gasteiger partial charge in [0.25, 0.3) is 0 Å². The van der Waals surface area contributed by atoms with Gasteiger partial charge in [0, 0.05) is 12.6 Å². The molecule has 0 amide bonds. The lowest BCUT2D eigenvalue weighted by Crippen LogP contribution is -2.10. The normalized spacial score (nSPS) is 18.1. The first kappa shape index (κ1) is 11.0. The maximum absolute atomic E-state index is 9.77. The van der Waals surface area contributed by atoms with Gasteiger partial charge in [0.05, 0.1) is 11.8 Å². The minimum absolute atomic E-state index is 0.152. The van der Waals surface area contributed by atoms with Gasteiger partial charge in [0.2, 0.25) is 0 Å². The molecule has 0 saturated heterocycles. The average Bonchev–Trinajstić information content (AvgIpc) is 2.96.